The summed E-state index contributed by atoms with van der Waals surface area (Å²) in [5, 5.41) is 3.97. The number of nitrogens with zero attached hydrogens (tertiary/aromatic N) is 4. The van der Waals surface area contributed by atoms with Gasteiger partial charge < -0.3 is 5.32 Å². The minimum Gasteiger partial charge on any atom is -0.324 e. The number of imidazole rings is 1. The highest BCUT2D eigenvalue weighted by molar-refractivity contribution is 6.30. The lowest BCUT2D eigenvalue weighted by Crippen LogP contribution is -2.29. The summed E-state index contributed by atoms with van der Waals surface area (Å²) in [6, 6.07) is 7.72. The van der Waals surface area contributed by atoms with Crippen LogP contribution >= 0.6 is 11.6 Å². The molecule has 2 aromatic heterocycles. The Morgan fingerprint density at radius 3 is 2.59 bits per heavy atom. The minimum atomic E-state index is 0.0794. The zero-order chi connectivity index (χ0) is 18.4. The fraction of sp³-hybridized carbons (Fsp3) is 0.450. The van der Waals surface area contributed by atoms with Gasteiger partial charge in [0.25, 0.3) is 0 Å². The van der Waals surface area contributed by atoms with Gasteiger partial charge in [-0.2, -0.15) is 4.98 Å². The van der Waals surface area contributed by atoms with Gasteiger partial charge >= 0.3 is 5.69 Å². The van der Waals surface area contributed by atoms with E-state index in [4.69, 9.17) is 21.6 Å². The monoisotopic (exact) mass is 383 g/mol. The summed E-state index contributed by atoms with van der Waals surface area (Å²) in [4.78, 5) is 22.6. The summed E-state index contributed by atoms with van der Waals surface area (Å²) in [5.41, 5.74) is 3.64. The number of hydrogen-bond acceptors (Lipinski definition) is 4. The largest absolute Gasteiger partial charge is 0.330 e. The Morgan fingerprint density at radius 1 is 1.04 bits per heavy atom. The third-order valence-corrected chi connectivity index (χ3v) is 5.96. The van der Waals surface area contributed by atoms with Crippen molar-refractivity contribution in [2.45, 2.75) is 57.5 Å². The molecule has 1 aliphatic heterocycles. The van der Waals surface area contributed by atoms with E-state index in [2.05, 4.69) is 5.32 Å². The number of anilines is 2. The molecule has 5 rings (SSSR count). The summed E-state index contributed by atoms with van der Waals surface area (Å²) < 4.78 is 3.83. The SMILES string of the molecule is O=c1n2c3c(nc(Nc4ccc(Cl)cc4)nc3n1C1CCCCC1)CCC2. The summed E-state index contributed by atoms with van der Waals surface area (Å²) >= 11 is 5.98. The Kier molecular flexibility index (Phi) is 4.16. The molecule has 1 aromatic carbocycles. The number of aromatic nitrogens is 4. The van der Waals surface area contributed by atoms with Gasteiger partial charge in [0.2, 0.25) is 5.95 Å². The summed E-state index contributed by atoms with van der Waals surface area (Å²) in [5.74, 6) is 0.545. The van der Waals surface area contributed by atoms with E-state index in [1.807, 2.05) is 33.4 Å². The molecule has 1 fully saturated rings. The molecular weight excluding hydrogens is 362 g/mol. The van der Waals surface area contributed by atoms with Crippen LogP contribution in [0.4, 0.5) is 11.6 Å². The fourth-order valence-electron chi connectivity index (χ4n) is 4.42. The van der Waals surface area contributed by atoms with Gasteiger partial charge in [-0.25, -0.2) is 9.78 Å². The van der Waals surface area contributed by atoms with Crippen molar-refractivity contribution in [2.24, 2.45) is 0 Å². The standard InChI is InChI=1S/C20H22ClN5O/c21-13-8-10-14(11-9-13)22-19-23-16-7-4-12-25-17(16)18(24-19)26(20(25)27)15-5-2-1-3-6-15/h8-11,15H,1-7,12H2,(H,22,23,24). The quantitative estimate of drug-likeness (QED) is 0.726. The molecule has 1 aliphatic carbocycles. The molecule has 0 saturated heterocycles. The van der Waals surface area contributed by atoms with Gasteiger partial charge in [-0.15, -0.1) is 0 Å². The van der Waals surface area contributed by atoms with Crippen molar-refractivity contribution < 1.29 is 0 Å². The molecule has 0 unspecified atom stereocenters. The number of benzene rings is 1. The second-order valence-electron chi connectivity index (χ2n) is 7.50. The first-order chi connectivity index (χ1) is 13.2. The average molecular weight is 384 g/mol. The van der Waals surface area contributed by atoms with Gasteiger partial charge in [-0.05, 0) is 49.9 Å². The zero-order valence-corrected chi connectivity index (χ0v) is 15.9. The molecule has 3 heterocycles. The van der Waals surface area contributed by atoms with E-state index in [9.17, 15) is 4.79 Å². The first-order valence-electron chi connectivity index (χ1n) is 9.75. The third-order valence-electron chi connectivity index (χ3n) is 5.71. The molecule has 0 radical (unpaired) electrons. The van der Waals surface area contributed by atoms with Crippen molar-refractivity contribution in [1.82, 2.24) is 19.1 Å². The van der Waals surface area contributed by atoms with E-state index in [-0.39, 0.29) is 11.7 Å². The maximum absolute atomic E-state index is 13.1. The van der Waals surface area contributed by atoms with E-state index in [1.54, 1.807) is 0 Å². The summed E-state index contributed by atoms with van der Waals surface area (Å²) in [7, 11) is 0. The van der Waals surface area contributed by atoms with Gasteiger partial charge in [0, 0.05) is 23.3 Å². The van der Waals surface area contributed by atoms with Crippen LogP contribution in [0.1, 0.15) is 50.3 Å². The molecule has 0 amide bonds. The van der Waals surface area contributed by atoms with Gasteiger partial charge in [0.1, 0.15) is 5.52 Å². The van der Waals surface area contributed by atoms with Crippen LogP contribution in [0.5, 0.6) is 0 Å². The maximum atomic E-state index is 13.1. The Bertz CT molecular complexity index is 1050. The molecule has 0 bridgehead atoms. The van der Waals surface area contributed by atoms with Crippen molar-refractivity contribution in [3.8, 4) is 0 Å². The van der Waals surface area contributed by atoms with Gasteiger partial charge in [-0.3, -0.25) is 9.13 Å². The van der Waals surface area contributed by atoms with Crippen LogP contribution in [0.2, 0.25) is 5.02 Å². The molecule has 27 heavy (non-hydrogen) atoms. The third kappa shape index (κ3) is 2.92. The summed E-state index contributed by atoms with van der Waals surface area (Å²) in [6.45, 7) is 0.759. The first-order valence-corrected chi connectivity index (χ1v) is 10.1. The lowest BCUT2D eigenvalue weighted by Gasteiger charge is -2.22. The highest BCUT2D eigenvalue weighted by Gasteiger charge is 2.27. The Morgan fingerprint density at radius 2 is 1.81 bits per heavy atom. The molecule has 0 atom stereocenters. The number of rotatable bonds is 3. The van der Waals surface area contributed by atoms with Gasteiger partial charge in [0.05, 0.1) is 5.69 Å². The highest BCUT2D eigenvalue weighted by atomic mass is 35.5. The molecule has 7 heteroatoms. The lowest BCUT2D eigenvalue weighted by atomic mass is 9.95. The topological polar surface area (TPSA) is 64.7 Å². The number of aryl methyl sites for hydroxylation is 2. The Labute approximate surface area is 162 Å². The second-order valence-corrected chi connectivity index (χ2v) is 7.93. The molecule has 1 saturated carbocycles. The van der Waals surface area contributed by atoms with Gasteiger partial charge in [0.15, 0.2) is 5.65 Å². The zero-order valence-electron chi connectivity index (χ0n) is 15.1. The summed E-state index contributed by atoms with van der Waals surface area (Å²) in [6.07, 6.45) is 7.54. The van der Waals surface area contributed by atoms with E-state index >= 15 is 0 Å². The van der Waals surface area contributed by atoms with Crippen LogP contribution in [-0.2, 0) is 13.0 Å². The van der Waals surface area contributed by atoms with Gasteiger partial charge in [-0.1, -0.05) is 30.9 Å². The van der Waals surface area contributed by atoms with E-state index < -0.39 is 0 Å². The average Bonchev–Trinajstić information content (AvgIpc) is 2.98. The van der Waals surface area contributed by atoms with Crippen molar-refractivity contribution >= 4 is 34.4 Å². The number of hydrogen-bond donors (Lipinski definition) is 1. The Balaban J connectivity index is 1.64. The van der Waals surface area contributed by atoms with Crippen LogP contribution in [0.15, 0.2) is 29.1 Å². The van der Waals surface area contributed by atoms with Crippen molar-refractivity contribution in [3.05, 3.63) is 45.5 Å². The van der Waals surface area contributed by atoms with E-state index in [0.29, 0.717) is 11.0 Å². The van der Waals surface area contributed by atoms with Crippen LogP contribution in [-0.4, -0.2) is 19.1 Å². The predicted octanol–water partition coefficient (Wildman–Crippen LogP) is 4.44. The first kappa shape index (κ1) is 16.8. The van der Waals surface area contributed by atoms with Crippen molar-refractivity contribution in [2.75, 3.05) is 5.32 Å². The molecule has 0 spiro atoms. The lowest BCUT2D eigenvalue weighted by molar-refractivity contribution is 0.348. The highest BCUT2D eigenvalue weighted by Crippen LogP contribution is 2.32. The minimum absolute atomic E-state index is 0.0794. The van der Waals surface area contributed by atoms with Crippen LogP contribution in [0, 0.1) is 0 Å². The smallest absolute Gasteiger partial charge is 0.324 e. The van der Waals surface area contributed by atoms with Crippen LogP contribution in [0.25, 0.3) is 11.2 Å². The van der Waals surface area contributed by atoms with Crippen LogP contribution in [0.3, 0.4) is 0 Å². The van der Waals surface area contributed by atoms with E-state index in [0.717, 1.165) is 54.8 Å². The molecule has 1 N–H and O–H groups in total. The Hall–Kier alpha value is -2.34. The van der Waals surface area contributed by atoms with Crippen molar-refractivity contribution in [1.29, 1.82) is 0 Å². The fourth-order valence-corrected chi connectivity index (χ4v) is 4.55. The normalized spacial score (nSPS) is 17.4. The van der Waals surface area contributed by atoms with Crippen LogP contribution < -0.4 is 11.0 Å². The maximum Gasteiger partial charge on any atom is 0.330 e. The van der Waals surface area contributed by atoms with Crippen molar-refractivity contribution in [3.63, 3.8) is 0 Å². The number of halogens is 1. The molecule has 140 valence electrons. The predicted molar refractivity (Wildman–Crippen MR) is 107 cm³/mol. The second kappa shape index (κ2) is 6.68. The molecule has 6 nitrogen and oxygen atoms in total. The number of nitrogens with one attached hydrogen (secondary N) is 1. The molecule has 2 aliphatic rings. The molecular formula is C20H22ClN5O. The molecule has 3 aromatic rings. The van der Waals surface area contributed by atoms with E-state index in [1.165, 1.54) is 19.3 Å².